The van der Waals surface area contributed by atoms with Gasteiger partial charge in [0.25, 0.3) is 0 Å². The van der Waals surface area contributed by atoms with E-state index in [0.717, 1.165) is 18.4 Å². The van der Waals surface area contributed by atoms with E-state index in [2.05, 4.69) is 21.1 Å². The van der Waals surface area contributed by atoms with Crippen molar-refractivity contribution in [1.29, 1.82) is 0 Å². The van der Waals surface area contributed by atoms with Gasteiger partial charge in [0, 0.05) is 25.0 Å². The lowest BCUT2D eigenvalue weighted by molar-refractivity contribution is 0.332. The van der Waals surface area contributed by atoms with Crippen LogP contribution in [0.2, 0.25) is 0 Å². The largest absolute Gasteiger partial charge is 0.355 e. The molecule has 0 aliphatic heterocycles. The van der Waals surface area contributed by atoms with Crippen molar-refractivity contribution in [1.82, 2.24) is 9.55 Å². The molecule has 0 radical (unpaired) electrons. The fourth-order valence-electron chi connectivity index (χ4n) is 2.86. The van der Waals surface area contributed by atoms with Gasteiger partial charge in [0.15, 0.2) is 0 Å². The molecule has 88 valence electrons. The van der Waals surface area contributed by atoms with Gasteiger partial charge in [0.2, 0.25) is 5.95 Å². The van der Waals surface area contributed by atoms with Crippen LogP contribution in [0.15, 0.2) is 12.4 Å². The zero-order chi connectivity index (χ0) is 10.8. The van der Waals surface area contributed by atoms with E-state index < -0.39 is 0 Å². The topological polar surface area (TPSA) is 29.9 Å². The van der Waals surface area contributed by atoms with Crippen LogP contribution in [0.4, 0.5) is 5.95 Å². The lowest BCUT2D eigenvalue weighted by atomic mass is 9.85. The molecule has 1 N–H and O–H groups in total. The van der Waals surface area contributed by atoms with Gasteiger partial charge in [-0.15, -0.1) is 0 Å². The molecule has 1 heterocycles. The zero-order valence-electron chi connectivity index (χ0n) is 9.86. The third-order valence-electron chi connectivity index (χ3n) is 4.16. The maximum Gasteiger partial charge on any atom is 0.203 e. The van der Waals surface area contributed by atoms with Gasteiger partial charge in [-0.2, -0.15) is 0 Å². The smallest absolute Gasteiger partial charge is 0.203 e. The lowest BCUT2D eigenvalue weighted by Gasteiger charge is -2.26. The predicted octanol–water partition coefficient (Wildman–Crippen LogP) is 3.21. The van der Waals surface area contributed by atoms with E-state index in [0.29, 0.717) is 6.04 Å². The highest BCUT2D eigenvalue weighted by Crippen LogP contribution is 2.32. The average molecular weight is 219 g/mol. The molecule has 2 aliphatic rings. The standard InChI is InChI=1S/C13H21N3/c1-2-7-12(6-1)16-9-8-14-13(16)15-10-11-4-3-5-11/h8-9,11-12H,1-7,10H2,(H,14,15). The van der Waals surface area contributed by atoms with E-state index in [4.69, 9.17) is 0 Å². The number of aromatic nitrogens is 2. The first-order valence-corrected chi connectivity index (χ1v) is 6.70. The van der Waals surface area contributed by atoms with Crippen LogP contribution < -0.4 is 5.32 Å². The van der Waals surface area contributed by atoms with E-state index in [-0.39, 0.29) is 0 Å². The highest BCUT2D eigenvalue weighted by atomic mass is 15.2. The molecular formula is C13H21N3. The molecule has 0 unspecified atom stereocenters. The van der Waals surface area contributed by atoms with Crippen molar-refractivity contribution >= 4 is 5.95 Å². The SMILES string of the molecule is c1cn(C2CCCC2)c(NCC2CCC2)n1. The maximum atomic E-state index is 4.44. The second-order valence-corrected chi connectivity index (χ2v) is 5.27. The minimum absolute atomic E-state index is 0.700. The minimum atomic E-state index is 0.700. The van der Waals surface area contributed by atoms with Crippen molar-refractivity contribution in [3.63, 3.8) is 0 Å². The number of imidazole rings is 1. The molecule has 3 rings (SSSR count). The van der Waals surface area contributed by atoms with E-state index in [9.17, 15) is 0 Å². The van der Waals surface area contributed by atoms with E-state index >= 15 is 0 Å². The molecule has 0 aromatic carbocycles. The molecular weight excluding hydrogens is 198 g/mol. The van der Waals surface area contributed by atoms with Crippen LogP contribution in [0.5, 0.6) is 0 Å². The van der Waals surface area contributed by atoms with Crippen LogP contribution in [0.25, 0.3) is 0 Å². The summed E-state index contributed by atoms with van der Waals surface area (Å²) in [6.45, 7) is 1.11. The third-order valence-corrected chi connectivity index (χ3v) is 4.16. The zero-order valence-corrected chi connectivity index (χ0v) is 9.86. The molecule has 0 atom stereocenters. The predicted molar refractivity (Wildman–Crippen MR) is 65.6 cm³/mol. The Kier molecular flexibility index (Phi) is 2.85. The molecule has 1 aromatic heterocycles. The first-order chi connectivity index (χ1) is 7.93. The van der Waals surface area contributed by atoms with Crippen molar-refractivity contribution in [3.8, 4) is 0 Å². The molecule has 0 saturated heterocycles. The summed E-state index contributed by atoms with van der Waals surface area (Å²) in [6, 6.07) is 0.700. The summed E-state index contributed by atoms with van der Waals surface area (Å²) < 4.78 is 2.35. The summed E-state index contributed by atoms with van der Waals surface area (Å²) in [5, 5.41) is 3.52. The number of rotatable bonds is 4. The summed E-state index contributed by atoms with van der Waals surface area (Å²) in [5.41, 5.74) is 0. The Balaban J connectivity index is 1.62. The molecule has 16 heavy (non-hydrogen) atoms. The van der Waals surface area contributed by atoms with Gasteiger partial charge in [-0.3, -0.25) is 0 Å². The molecule has 3 heteroatoms. The number of nitrogens with one attached hydrogen (secondary N) is 1. The number of nitrogens with zero attached hydrogens (tertiary/aromatic N) is 2. The van der Waals surface area contributed by atoms with Gasteiger partial charge in [-0.05, 0) is 31.6 Å². The summed E-state index contributed by atoms with van der Waals surface area (Å²) in [5.74, 6) is 1.99. The van der Waals surface area contributed by atoms with Crippen molar-refractivity contribution in [3.05, 3.63) is 12.4 Å². The van der Waals surface area contributed by atoms with Gasteiger partial charge < -0.3 is 9.88 Å². The normalized spacial score (nSPS) is 22.2. The van der Waals surface area contributed by atoms with E-state index in [1.165, 1.54) is 44.9 Å². The van der Waals surface area contributed by atoms with E-state index in [1.807, 2.05) is 6.20 Å². The van der Waals surface area contributed by atoms with Crippen LogP contribution in [0, 0.1) is 5.92 Å². The first-order valence-electron chi connectivity index (χ1n) is 6.70. The molecule has 0 spiro atoms. The Morgan fingerprint density at radius 2 is 2.00 bits per heavy atom. The van der Waals surface area contributed by atoms with Crippen LogP contribution >= 0.6 is 0 Å². The first kappa shape index (κ1) is 10.2. The molecule has 3 nitrogen and oxygen atoms in total. The Morgan fingerprint density at radius 3 is 2.69 bits per heavy atom. The quantitative estimate of drug-likeness (QED) is 0.842. The number of hydrogen-bond acceptors (Lipinski definition) is 2. The van der Waals surface area contributed by atoms with Crippen molar-refractivity contribution in [2.45, 2.75) is 51.0 Å². The monoisotopic (exact) mass is 219 g/mol. The Labute approximate surface area is 97.3 Å². The van der Waals surface area contributed by atoms with Crippen LogP contribution in [0.3, 0.4) is 0 Å². The molecule has 0 bridgehead atoms. The van der Waals surface area contributed by atoms with Gasteiger partial charge in [-0.1, -0.05) is 19.3 Å². The fraction of sp³-hybridized carbons (Fsp3) is 0.769. The van der Waals surface area contributed by atoms with Gasteiger partial charge in [0.1, 0.15) is 0 Å². The Hall–Kier alpha value is -0.990. The highest BCUT2D eigenvalue weighted by molar-refractivity contribution is 5.27. The van der Waals surface area contributed by atoms with Crippen molar-refractivity contribution < 1.29 is 0 Å². The van der Waals surface area contributed by atoms with Gasteiger partial charge >= 0.3 is 0 Å². The van der Waals surface area contributed by atoms with Gasteiger partial charge in [0.05, 0.1) is 0 Å². The van der Waals surface area contributed by atoms with Crippen molar-refractivity contribution in [2.75, 3.05) is 11.9 Å². The van der Waals surface area contributed by atoms with Crippen molar-refractivity contribution in [2.24, 2.45) is 5.92 Å². The summed E-state index contributed by atoms with van der Waals surface area (Å²) in [6.07, 6.45) is 13.7. The molecule has 2 aliphatic carbocycles. The Morgan fingerprint density at radius 1 is 1.19 bits per heavy atom. The van der Waals surface area contributed by atoms with E-state index in [1.54, 1.807) is 0 Å². The summed E-state index contributed by atoms with van der Waals surface area (Å²) in [4.78, 5) is 4.44. The minimum Gasteiger partial charge on any atom is -0.355 e. The van der Waals surface area contributed by atoms with Gasteiger partial charge in [-0.25, -0.2) is 4.98 Å². The van der Waals surface area contributed by atoms with Crippen LogP contribution in [-0.2, 0) is 0 Å². The molecule has 0 amide bonds. The fourth-order valence-corrected chi connectivity index (χ4v) is 2.86. The van der Waals surface area contributed by atoms with Crippen LogP contribution in [-0.4, -0.2) is 16.1 Å². The Bertz CT molecular complexity index is 335. The molecule has 2 saturated carbocycles. The summed E-state index contributed by atoms with van der Waals surface area (Å²) >= 11 is 0. The highest BCUT2D eigenvalue weighted by Gasteiger charge is 2.21. The number of anilines is 1. The molecule has 2 fully saturated rings. The maximum absolute atomic E-state index is 4.44. The second-order valence-electron chi connectivity index (χ2n) is 5.27. The van der Waals surface area contributed by atoms with Crippen LogP contribution in [0.1, 0.15) is 51.0 Å². The summed E-state index contributed by atoms with van der Waals surface area (Å²) in [7, 11) is 0. The second kappa shape index (κ2) is 4.48. The molecule has 1 aromatic rings. The lowest BCUT2D eigenvalue weighted by Crippen LogP contribution is -2.22. The number of hydrogen-bond donors (Lipinski definition) is 1. The average Bonchev–Trinajstić information content (AvgIpc) is 2.83. The third kappa shape index (κ3) is 1.95.